The summed E-state index contributed by atoms with van der Waals surface area (Å²) in [5, 5.41) is 0. The molecule has 0 fully saturated rings. The molecule has 3 nitrogen and oxygen atoms in total. The van der Waals surface area contributed by atoms with E-state index in [1.165, 1.54) is 5.56 Å². The molecule has 0 bridgehead atoms. The molecule has 1 heterocycles. The normalized spacial score (nSPS) is 10.2. The first-order chi connectivity index (χ1) is 9.29. The van der Waals surface area contributed by atoms with Gasteiger partial charge in [0.25, 0.3) is 0 Å². The number of esters is 1. The average molecular weight is 256 g/mol. The van der Waals surface area contributed by atoms with Crippen molar-refractivity contribution in [2.24, 2.45) is 0 Å². The lowest BCUT2D eigenvalue weighted by molar-refractivity contribution is -0.695. The maximum absolute atomic E-state index is 11.6. The molecular formula is C16H18NO2+. The minimum atomic E-state index is -0.185. The smallest absolute Gasteiger partial charge is 0.316 e. The second kappa shape index (κ2) is 6.69. The van der Waals surface area contributed by atoms with Crippen molar-refractivity contribution >= 4 is 5.97 Å². The van der Waals surface area contributed by atoms with Gasteiger partial charge < -0.3 is 4.74 Å². The monoisotopic (exact) mass is 256 g/mol. The van der Waals surface area contributed by atoms with Gasteiger partial charge in [-0.25, -0.2) is 0 Å². The van der Waals surface area contributed by atoms with Crippen molar-refractivity contribution in [3.63, 3.8) is 0 Å². The van der Waals surface area contributed by atoms with Crippen molar-refractivity contribution in [2.45, 2.75) is 19.9 Å². The zero-order valence-electron chi connectivity index (χ0n) is 11.1. The highest BCUT2D eigenvalue weighted by Crippen LogP contribution is 2.01. The molecule has 3 heteroatoms. The van der Waals surface area contributed by atoms with Gasteiger partial charge in [-0.3, -0.25) is 4.79 Å². The molecule has 0 N–H and O–H groups in total. The summed E-state index contributed by atoms with van der Waals surface area (Å²) in [5.74, 6) is -0.185. The summed E-state index contributed by atoms with van der Waals surface area (Å²) in [5.41, 5.74) is 2.17. The Labute approximate surface area is 113 Å². The number of rotatable bonds is 5. The fraction of sp³-hybridized carbons (Fsp3) is 0.250. The number of ether oxygens (including phenoxy) is 1. The van der Waals surface area contributed by atoms with Crippen LogP contribution in [0.1, 0.15) is 18.2 Å². The molecule has 0 unspecified atom stereocenters. The molecule has 0 aliphatic heterocycles. The van der Waals surface area contributed by atoms with Gasteiger partial charge in [0.05, 0.1) is 6.61 Å². The van der Waals surface area contributed by atoms with Crippen molar-refractivity contribution in [3.05, 3.63) is 66.0 Å². The van der Waals surface area contributed by atoms with Gasteiger partial charge in [-0.15, -0.1) is 0 Å². The molecule has 98 valence electrons. The highest BCUT2D eigenvalue weighted by Gasteiger charge is 2.15. The highest BCUT2D eigenvalue weighted by atomic mass is 16.5. The number of hydrogen-bond acceptors (Lipinski definition) is 2. The first kappa shape index (κ1) is 13.3. The van der Waals surface area contributed by atoms with Gasteiger partial charge in [-0.2, -0.15) is 4.57 Å². The van der Waals surface area contributed by atoms with Crippen molar-refractivity contribution in [1.29, 1.82) is 0 Å². The Morgan fingerprint density at radius 3 is 2.58 bits per heavy atom. The van der Waals surface area contributed by atoms with Crippen LogP contribution in [0.2, 0.25) is 0 Å². The van der Waals surface area contributed by atoms with Gasteiger partial charge in [0.15, 0.2) is 18.4 Å². The number of aromatic nitrogens is 1. The lowest BCUT2D eigenvalue weighted by Crippen LogP contribution is -2.39. The van der Waals surface area contributed by atoms with Crippen LogP contribution in [0.15, 0.2) is 54.7 Å². The number of carbonyl (C=O) groups is 1. The molecule has 0 radical (unpaired) electrons. The fourth-order valence-electron chi connectivity index (χ4n) is 1.97. The lowest BCUT2D eigenvalue weighted by atomic mass is 10.2. The standard InChI is InChI=1S/C16H18NO2/c1-2-19-16(18)12-15-10-6-7-11-17(15)13-14-8-4-3-5-9-14/h3-11H,2,12-13H2,1H3/q+1. The van der Waals surface area contributed by atoms with Crippen LogP contribution in [0.3, 0.4) is 0 Å². The summed E-state index contributed by atoms with van der Waals surface area (Å²) in [6.07, 6.45) is 2.29. The van der Waals surface area contributed by atoms with Gasteiger partial charge in [0, 0.05) is 17.7 Å². The van der Waals surface area contributed by atoms with Gasteiger partial charge in [0.2, 0.25) is 0 Å². The third-order valence-corrected chi connectivity index (χ3v) is 2.86. The summed E-state index contributed by atoms with van der Waals surface area (Å²) in [6.45, 7) is 3.00. The van der Waals surface area contributed by atoms with E-state index in [1.54, 1.807) is 0 Å². The largest absolute Gasteiger partial charge is 0.466 e. The van der Waals surface area contributed by atoms with Crippen LogP contribution in [0, 0.1) is 0 Å². The molecule has 1 aromatic heterocycles. The van der Waals surface area contributed by atoms with E-state index in [-0.39, 0.29) is 5.97 Å². The maximum Gasteiger partial charge on any atom is 0.316 e. The summed E-state index contributed by atoms with van der Waals surface area (Å²) < 4.78 is 7.07. The summed E-state index contributed by atoms with van der Waals surface area (Å²) >= 11 is 0. The number of carbonyl (C=O) groups excluding carboxylic acids is 1. The van der Waals surface area contributed by atoms with E-state index in [0.717, 1.165) is 12.2 Å². The summed E-state index contributed by atoms with van der Waals surface area (Å²) in [6, 6.07) is 16.1. The van der Waals surface area contributed by atoms with E-state index in [2.05, 4.69) is 16.7 Å². The van der Waals surface area contributed by atoms with Gasteiger partial charge in [0.1, 0.15) is 6.42 Å². The predicted molar refractivity (Wildman–Crippen MR) is 72.5 cm³/mol. The van der Waals surface area contributed by atoms with E-state index in [0.29, 0.717) is 13.0 Å². The van der Waals surface area contributed by atoms with Crippen LogP contribution in [-0.4, -0.2) is 12.6 Å². The van der Waals surface area contributed by atoms with Crippen LogP contribution >= 0.6 is 0 Å². The van der Waals surface area contributed by atoms with Gasteiger partial charge in [-0.1, -0.05) is 36.4 Å². The van der Waals surface area contributed by atoms with Crippen molar-refractivity contribution in [3.8, 4) is 0 Å². The Morgan fingerprint density at radius 1 is 1.11 bits per heavy atom. The van der Waals surface area contributed by atoms with E-state index < -0.39 is 0 Å². The Morgan fingerprint density at radius 2 is 1.84 bits per heavy atom. The molecule has 0 atom stereocenters. The van der Waals surface area contributed by atoms with Gasteiger partial charge in [-0.05, 0) is 6.92 Å². The summed E-state index contributed by atoms with van der Waals surface area (Å²) in [4.78, 5) is 11.6. The zero-order chi connectivity index (χ0) is 13.5. The van der Waals surface area contributed by atoms with E-state index in [1.807, 2.05) is 49.5 Å². The second-order valence-electron chi connectivity index (χ2n) is 4.29. The summed E-state index contributed by atoms with van der Waals surface area (Å²) in [7, 11) is 0. The second-order valence-corrected chi connectivity index (χ2v) is 4.29. The van der Waals surface area contributed by atoms with Crippen LogP contribution in [0.5, 0.6) is 0 Å². The molecule has 2 aromatic rings. The Hall–Kier alpha value is -2.16. The quantitative estimate of drug-likeness (QED) is 0.606. The SMILES string of the molecule is CCOC(=O)Cc1cccc[n+]1Cc1ccccc1. The number of hydrogen-bond donors (Lipinski definition) is 0. The molecule has 0 saturated carbocycles. The Bertz CT molecular complexity index is 537. The first-order valence-corrected chi connectivity index (χ1v) is 6.46. The number of nitrogens with zero attached hydrogens (tertiary/aromatic N) is 1. The van der Waals surface area contributed by atoms with Crippen LogP contribution in [0.25, 0.3) is 0 Å². The lowest BCUT2D eigenvalue weighted by Gasteiger charge is -2.04. The molecule has 0 saturated heterocycles. The minimum Gasteiger partial charge on any atom is -0.466 e. The van der Waals surface area contributed by atoms with Gasteiger partial charge >= 0.3 is 5.97 Å². The Kier molecular flexibility index (Phi) is 4.67. The van der Waals surface area contributed by atoms with Crippen LogP contribution < -0.4 is 4.57 Å². The molecule has 0 spiro atoms. The molecule has 1 aromatic carbocycles. The maximum atomic E-state index is 11.6. The van der Waals surface area contributed by atoms with E-state index in [4.69, 9.17) is 4.74 Å². The number of benzene rings is 1. The molecule has 2 rings (SSSR count). The first-order valence-electron chi connectivity index (χ1n) is 6.46. The fourth-order valence-corrected chi connectivity index (χ4v) is 1.97. The van der Waals surface area contributed by atoms with Crippen molar-refractivity contribution < 1.29 is 14.1 Å². The van der Waals surface area contributed by atoms with Crippen molar-refractivity contribution in [1.82, 2.24) is 0 Å². The molecule has 0 aliphatic carbocycles. The van der Waals surface area contributed by atoms with Crippen LogP contribution in [-0.2, 0) is 22.5 Å². The third kappa shape index (κ3) is 3.91. The highest BCUT2D eigenvalue weighted by molar-refractivity contribution is 5.71. The average Bonchev–Trinajstić information content (AvgIpc) is 2.42. The molecule has 0 aliphatic rings. The Balaban J connectivity index is 2.14. The minimum absolute atomic E-state index is 0.185. The number of pyridine rings is 1. The predicted octanol–water partition coefficient (Wildman–Crippen LogP) is 2.13. The topological polar surface area (TPSA) is 30.2 Å². The zero-order valence-corrected chi connectivity index (χ0v) is 11.1. The molecule has 19 heavy (non-hydrogen) atoms. The van der Waals surface area contributed by atoms with E-state index in [9.17, 15) is 4.79 Å². The van der Waals surface area contributed by atoms with Crippen LogP contribution in [0.4, 0.5) is 0 Å². The molecule has 0 amide bonds. The third-order valence-electron chi connectivity index (χ3n) is 2.86. The van der Waals surface area contributed by atoms with E-state index >= 15 is 0 Å². The molecular weight excluding hydrogens is 238 g/mol. The van der Waals surface area contributed by atoms with Crippen molar-refractivity contribution in [2.75, 3.05) is 6.61 Å².